The number of alkyl halides is 3. The highest BCUT2D eigenvalue weighted by Gasteiger charge is 2.29. The van der Waals surface area contributed by atoms with Crippen molar-refractivity contribution in [1.29, 1.82) is 5.26 Å². The van der Waals surface area contributed by atoms with Crippen molar-refractivity contribution in [3.05, 3.63) is 71.4 Å². The predicted octanol–water partition coefficient (Wildman–Crippen LogP) is 3.89. The molecule has 0 heterocycles. The van der Waals surface area contributed by atoms with Gasteiger partial charge in [-0.25, -0.2) is 0 Å². The average molecular weight is 389 g/mol. The third kappa shape index (κ3) is 6.06. The van der Waals surface area contributed by atoms with Crippen LogP contribution >= 0.6 is 0 Å². The van der Waals surface area contributed by atoms with Gasteiger partial charge in [-0.1, -0.05) is 12.1 Å². The second kappa shape index (κ2) is 9.46. The molecular formula is C20H18F3N3O2. The van der Waals surface area contributed by atoms with Gasteiger partial charge in [0.15, 0.2) is 0 Å². The Bertz CT molecular complexity index is 868. The highest BCUT2D eigenvalue weighted by Crippen LogP contribution is 2.29. The molecule has 0 fully saturated rings. The minimum Gasteiger partial charge on any atom is -0.497 e. The molecule has 28 heavy (non-hydrogen) atoms. The lowest BCUT2D eigenvalue weighted by molar-refractivity contribution is -0.137. The molecule has 0 radical (unpaired) electrons. The smallest absolute Gasteiger partial charge is 0.416 e. The van der Waals surface area contributed by atoms with E-state index in [0.717, 1.165) is 29.6 Å². The van der Waals surface area contributed by atoms with Crippen molar-refractivity contribution in [2.24, 2.45) is 0 Å². The fourth-order valence-corrected chi connectivity index (χ4v) is 2.27. The van der Waals surface area contributed by atoms with E-state index in [1.54, 1.807) is 13.2 Å². The Kier molecular flexibility index (Phi) is 7.04. The largest absolute Gasteiger partial charge is 0.497 e. The number of nitrogens with one attached hydrogen (secondary N) is 2. The standard InChI is InChI=1S/C20H18F3N3O2/c1-28-18-8-2-14(3-9-18)10-11-25-19(27)15(12-24)13-26-17-6-4-16(5-7-17)20(21,22)23/h2-9,13,26H,10-11H2,1H3,(H,25,27)/b15-13-. The van der Waals surface area contributed by atoms with Crippen LogP contribution < -0.4 is 15.4 Å². The van der Waals surface area contributed by atoms with Crippen LogP contribution in [0, 0.1) is 11.3 Å². The maximum atomic E-state index is 12.5. The van der Waals surface area contributed by atoms with Crippen LogP contribution in [0.1, 0.15) is 11.1 Å². The van der Waals surface area contributed by atoms with Crippen LogP contribution in [0.4, 0.5) is 18.9 Å². The molecule has 8 heteroatoms. The minimum absolute atomic E-state index is 0.186. The lowest BCUT2D eigenvalue weighted by Gasteiger charge is -2.08. The molecule has 0 saturated heterocycles. The van der Waals surface area contributed by atoms with E-state index in [-0.39, 0.29) is 5.57 Å². The Morgan fingerprint density at radius 3 is 2.32 bits per heavy atom. The van der Waals surface area contributed by atoms with Crippen molar-refractivity contribution < 1.29 is 22.7 Å². The summed E-state index contributed by atoms with van der Waals surface area (Å²) in [4.78, 5) is 12.1. The van der Waals surface area contributed by atoms with E-state index in [1.807, 2.05) is 24.3 Å². The molecule has 2 rings (SSSR count). The maximum absolute atomic E-state index is 12.5. The van der Waals surface area contributed by atoms with Crippen LogP contribution in [-0.2, 0) is 17.4 Å². The number of rotatable bonds is 7. The van der Waals surface area contributed by atoms with Gasteiger partial charge in [0.2, 0.25) is 0 Å². The molecule has 5 nitrogen and oxygen atoms in total. The van der Waals surface area contributed by atoms with Crippen molar-refractivity contribution in [2.45, 2.75) is 12.6 Å². The topological polar surface area (TPSA) is 74.1 Å². The molecule has 0 aromatic heterocycles. The van der Waals surface area contributed by atoms with Crippen molar-refractivity contribution in [2.75, 3.05) is 19.0 Å². The number of amides is 1. The lowest BCUT2D eigenvalue weighted by atomic mass is 10.1. The number of carbonyl (C=O) groups excluding carboxylic acids is 1. The summed E-state index contributed by atoms with van der Waals surface area (Å²) >= 11 is 0. The Labute approximate surface area is 160 Å². The van der Waals surface area contributed by atoms with Gasteiger partial charge in [-0.2, -0.15) is 18.4 Å². The van der Waals surface area contributed by atoms with E-state index in [4.69, 9.17) is 10.00 Å². The number of ether oxygens (including phenoxy) is 1. The fraction of sp³-hybridized carbons (Fsp3) is 0.200. The second-order valence-corrected chi connectivity index (χ2v) is 5.74. The van der Waals surface area contributed by atoms with Crippen molar-refractivity contribution in [3.8, 4) is 11.8 Å². The van der Waals surface area contributed by atoms with Crippen LogP contribution in [0.2, 0.25) is 0 Å². The Morgan fingerprint density at radius 1 is 1.14 bits per heavy atom. The molecule has 2 aromatic carbocycles. The van der Waals surface area contributed by atoms with Gasteiger partial charge in [0.05, 0.1) is 12.7 Å². The number of halogens is 3. The summed E-state index contributed by atoms with van der Waals surface area (Å²) in [6.45, 7) is 0.324. The van der Waals surface area contributed by atoms with Crippen LogP contribution in [0.3, 0.4) is 0 Å². The van der Waals surface area contributed by atoms with Gasteiger partial charge in [0.1, 0.15) is 17.4 Å². The quantitative estimate of drug-likeness (QED) is 0.557. The first-order valence-electron chi connectivity index (χ1n) is 8.28. The van der Waals surface area contributed by atoms with Gasteiger partial charge in [-0.15, -0.1) is 0 Å². The van der Waals surface area contributed by atoms with E-state index in [1.165, 1.54) is 12.1 Å². The fourth-order valence-electron chi connectivity index (χ4n) is 2.27. The first-order valence-corrected chi connectivity index (χ1v) is 8.28. The summed E-state index contributed by atoms with van der Waals surface area (Å²) in [5.41, 5.74) is 0.353. The number of nitriles is 1. The summed E-state index contributed by atoms with van der Waals surface area (Å²) in [6.07, 6.45) is -2.69. The van der Waals surface area contributed by atoms with Gasteiger partial charge < -0.3 is 15.4 Å². The summed E-state index contributed by atoms with van der Waals surface area (Å²) < 4.78 is 42.7. The summed E-state index contributed by atoms with van der Waals surface area (Å²) in [6, 6.07) is 13.4. The monoisotopic (exact) mass is 389 g/mol. The molecule has 0 aliphatic heterocycles. The predicted molar refractivity (Wildman–Crippen MR) is 98.5 cm³/mol. The number of hydrogen-bond acceptors (Lipinski definition) is 4. The molecule has 0 saturated carbocycles. The second-order valence-electron chi connectivity index (χ2n) is 5.74. The van der Waals surface area contributed by atoms with Gasteiger partial charge in [0.25, 0.3) is 5.91 Å². The molecule has 0 unspecified atom stereocenters. The molecule has 146 valence electrons. The zero-order chi connectivity index (χ0) is 20.6. The SMILES string of the molecule is COc1ccc(CCNC(=O)/C(C#N)=C\Nc2ccc(C(F)(F)F)cc2)cc1. The maximum Gasteiger partial charge on any atom is 0.416 e. The number of carbonyl (C=O) groups is 1. The van der Waals surface area contributed by atoms with E-state index in [9.17, 15) is 18.0 Å². The Morgan fingerprint density at radius 2 is 1.79 bits per heavy atom. The summed E-state index contributed by atoms with van der Waals surface area (Å²) in [5, 5.41) is 14.4. The number of benzene rings is 2. The van der Waals surface area contributed by atoms with Crippen LogP contribution in [0.5, 0.6) is 5.75 Å². The first kappa shape index (κ1) is 20.8. The summed E-state index contributed by atoms with van der Waals surface area (Å²) in [7, 11) is 1.57. The van der Waals surface area contributed by atoms with Crippen LogP contribution in [0.15, 0.2) is 60.3 Å². The average Bonchev–Trinajstić information content (AvgIpc) is 2.68. The minimum atomic E-state index is -4.42. The molecular weight excluding hydrogens is 371 g/mol. The third-order valence-electron chi connectivity index (χ3n) is 3.82. The molecule has 0 atom stereocenters. The normalized spacial score (nSPS) is 11.5. The van der Waals surface area contributed by atoms with Crippen molar-refractivity contribution in [3.63, 3.8) is 0 Å². The number of nitrogens with zero attached hydrogens (tertiary/aromatic N) is 1. The molecule has 0 aliphatic carbocycles. The Balaban J connectivity index is 1.88. The summed E-state index contributed by atoms with van der Waals surface area (Å²) in [5.74, 6) is 0.159. The van der Waals surface area contributed by atoms with Gasteiger partial charge in [-0.05, 0) is 48.4 Å². The first-order chi connectivity index (χ1) is 13.3. The highest BCUT2D eigenvalue weighted by molar-refractivity contribution is 5.97. The molecule has 2 aromatic rings. The van der Waals surface area contributed by atoms with Crippen LogP contribution in [-0.4, -0.2) is 19.6 Å². The Hall–Kier alpha value is -3.47. The zero-order valence-corrected chi connectivity index (χ0v) is 15.0. The molecule has 0 spiro atoms. The van der Waals surface area contributed by atoms with Gasteiger partial charge in [-0.3, -0.25) is 4.79 Å². The van der Waals surface area contributed by atoms with Gasteiger partial charge >= 0.3 is 6.18 Å². The third-order valence-corrected chi connectivity index (χ3v) is 3.82. The lowest BCUT2D eigenvalue weighted by Crippen LogP contribution is -2.27. The van der Waals surface area contributed by atoms with E-state index >= 15 is 0 Å². The van der Waals surface area contributed by atoms with Gasteiger partial charge in [0, 0.05) is 18.4 Å². The van der Waals surface area contributed by atoms with E-state index < -0.39 is 17.6 Å². The van der Waals surface area contributed by atoms with Crippen molar-refractivity contribution in [1.82, 2.24) is 5.32 Å². The molecule has 0 aliphatic rings. The van der Waals surface area contributed by atoms with E-state index in [2.05, 4.69) is 10.6 Å². The number of hydrogen-bond donors (Lipinski definition) is 2. The van der Waals surface area contributed by atoms with E-state index in [0.29, 0.717) is 18.7 Å². The van der Waals surface area contributed by atoms with Crippen LogP contribution in [0.25, 0.3) is 0 Å². The number of anilines is 1. The van der Waals surface area contributed by atoms with Crippen molar-refractivity contribution >= 4 is 11.6 Å². The molecule has 1 amide bonds. The zero-order valence-electron chi connectivity index (χ0n) is 15.0. The highest BCUT2D eigenvalue weighted by atomic mass is 19.4. The molecule has 0 bridgehead atoms. The number of methoxy groups -OCH3 is 1. The molecule has 2 N–H and O–H groups in total.